The topological polar surface area (TPSA) is 38.0 Å². The number of nitrogens with one attached hydrogen (secondary N) is 1. The molecule has 2 nitrogen and oxygen atoms in total. The molecule has 0 amide bonds. The van der Waals surface area contributed by atoms with Crippen LogP contribution in [-0.2, 0) is 6.42 Å². The highest BCUT2D eigenvalue weighted by atomic mass is 32.2. The van der Waals surface area contributed by atoms with Crippen molar-refractivity contribution >= 4 is 23.5 Å². The Morgan fingerprint density at radius 2 is 2.10 bits per heavy atom. The lowest BCUT2D eigenvalue weighted by atomic mass is 10.0. The Kier molecular flexibility index (Phi) is 5.72. The Labute approximate surface area is 127 Å². The van der Waals surface area contributed by atoms with Crippen molar-refractivity contribution in [2.75, 3.05) is 5.75 Å². The van der Waals surface area contributed by atoms with Crippen LogP contribution in [0.3, 0.4) is 0 Å². The van der Waals surface area contributed by atoms with Gasteiger partial charge in [0.25, 0.3) is 0 Å². The summed E-state index contributed by atoms with van der Waals surface area (Å²) in [7, 11) is 0. The first-order valence-electron chi connectivity index (χ1n) is 6.68. The number of thioether (sulfide) groups is 2. The molecule has 20 heavy (non-hydrogen) atoms. The van der Waals surface area contributed by atoms with Crippen molar-refractivity contribution in [2.24, 2.45) is 5.84 Å². The van der Waals surface area contributed by atoms with E-state index >= 15 is 0 Å². The van der Waals surface area contributed by atoms with Gasteiger partial charge in [0, 0.05) is 33.6 Å². The molecule has 0 spiro atoms. The SMILES string of the molecule is CC1SCC(C(Cc2ccc(F)cc2F)NN)SC1C. The van der Waals surface area contributed by atoms with Gasteiger partial charge in [-0.05, 0) is 18.1 Å². The first-order chi connectivity index (χ1) is 9.51. The third-order valence-electron chi connectivity index (χ3n) is 3.69. The van der Waals surface area contributed by atoms with E-state index in [0.717, 1.165) is 11.8 Å². The molecule has 6 heteroatoms. The van der Waals surface area contributed by atoms with Crippen molar-refractivity contribution < 1.29 is 8.78 Å². The van der Waals surface area contributed by atoms with Crippen LogP contribution in [0.5, 0.6) is 0 Å². The van der Waals surface area contributed by atoms with Crippen LogP contribution in [0.25, 0.3) is 0 Å². The van der Waals surface area contributed by atoms with Crippen molar-refractivity contribution in [1.29, 1.82) is 0 Å². The van der Waals surface area contributed by atoms with Crippen LogP contribution in [0.4, 0.5) is 8.78 Å². The van der Waals surface area contributed by atoms with Gasteiger partial charge in [-0.1, -0.05) is 19.9 Å². The van der Waals surface area contributed by atoms with Crippen molar-refractivity contribution in [3.63, 3.8) is 0 Å². The Bertz CT molecular complexity index is 459. The fourth-order valence-electron chi connectivity index (χ4n) is 2.24. The molecule has 4 atom stereocenters. The number of rotatable bonds is 4. The van der Waals surface area contributed by atoms with E-state index in [1.807, 2.05) is 23.5 Å². The minimum Gasteiger partial charge on any atom is -0.271 e. The molecule has 0 saturated carbocycles. The summed E-state index contributed by atoms with van der Waals surface area (Å²) in [6.07, 6.45) is 0.474. The number of halogens is 2. The normalized spacial score (nSPS) is 28.4. The van der Waals surface area contributed by atoms with Gasteiger partial charge in [-0.3, -0.25) is 11.3 Å². The number of benzene rings is 1. The zero-order valence-corrected chi connectivity index (χ0v) is 13.2. The lowest BCUT2D eigenvalue weighted by Crippen LogP contribution is -2.47. The van der Waals surface area contributed by atoms with Gasteiger partial charge >= 0.3 is 0 Å². The summed E-state index contributed by atoms with van der Waals surface area (Å²) in [5.74, 6) is 5.59. The molecule has 0 aliphatic carbocycles. The highest BCUT2D eigenvalue weighted by Gasteiger charge is 2.31. The van der Waals surface area contributed by atoms with Crippen LogP contribution in [0.1, 0.15) is 19.4 Å². The van der Waals surface area contributed by atoms with E-state index in [2.05, 4.69) is 19.3 Å². The number of hydrogen-bond acceptors (Lipinski definition) is 4. The molecule has 3 N–H and O–H groups in total. The average Bonchev–Trinajstić information content (AvgIpc) is 2.41. The third-order valence-corrected chi connectivity index (χ3v) is 7.24. The maximum atomic E-state index is 13.7. The first kappa shape index (κ1) is 16.1. The van der Waals surface area contributed by atoms with Crippen LogP contribution >= 0.6 is 23.5 Å². The molecule has 1 aromatic carbocycles. The second-order valence-corrected chi connectivity index (χ2v) is 8.16. The van der Waals surface area contributed by atoms with E-state index in [4.69, 9.17) is 5.84 Å². The highest BCUT2D eigenvalue weighted by Crippen LogP contribution is 2.37. The second-order valence-electron chi connectivity index (χ2n) is 5.13. The van der Waals surface area contributed by atoms with Gasteiger partial charge in [-0.25, -0.2) is 8.78 Å². The minimum atomic E-state index is -0.548. The summed E-state index contributed by atoms with van der Waals surface area (Å²) >= 11 is 3.82. The molecule has 1 aliphatic heterocycles. The first-order valence-corrected chi connectivity index (χ1v) is 8.67. The lowest BCUT2D eigenvalue weighted by molar-refractivity contribution is 0.501. The van der Waals surface area contributed by atoms with Crippen LogP contribution in [0.2, 0.25) is 0 Å². The molecule has 0 radical (unpaired) electrons. The monoisotopic (exact) mass is 318 g/mol. The van der Waals surface area contributed by atoms with Crippen LogP contribution in [-0.4, -0.2) is 27.5 Å². The van der Waals surface area contributed by atoms with E-state index in [-0.39, 0.29) is 6.04 Å². The van der Waals surface area contributed by atoms with Crippen molar-refractivity contribution in [3.8, 4) is 0 Å². The van der Waals surface area contributed by atoms with E-state index < -0.39 is 11.6 Å². The smallest absolute Gasteiger partial charge is 0.129 e. The van der Waals surface area contributed by atoms with Gasteiger partial charge in [0.2, 0.25) is 0 Å². The van der Waals surface area contributed by atoms with Crippen LogP contribution < -0.4 is 11.3 Å². The summed E-state index contributed by atoms with van der Waals surface area (Å²) in [6.45, 7) is 4.43. The van der Waals surface area contributed by atoms with E-state index in [9.17, 15) is 8.78 Å². The van der Waals surface area contributed by atoms with Gasteiger partial charge in [-0.15, -0.1) is 0 Å². The largest absolute Gasteiger partial charge is 0.271 e. The molecular weight excluding hydrogens is 298 g/mol. The summed E-state index contributed by atoms with van der Waals surface area (Å²) < 4.78 is 26.7. The zero-order chi connectivity index (χ0) is 14.7. The van der Waals surface area contributed by atoms with Gasteiger partial charge in [0.15, 0.2) is 0 Å². The van der Waals surface area contributed by atoms with Gasteiger partial charge in [0.05, 0.1) is 0 Å². The van der Waals surface area contributed by atoms with Gasteiger partial charge in [0.1, 0.15) is 11.6 Å². The number of hydrogen-bond donors (Lipinski definition) is 2. The van der Waals surface area contributed by atoms with Crippen molar-refractivity contribution in [2.45, 2.75) is 42.1 Å². The van der Waals surface area contributed by atoms with Gasteiger partial charge < -0.3 is 0 Å². The van der Waals surface area contributed by atoms with Gasteiger partial charge in [-0.2, -0.15) is 23.5 Å². The van der Waals surface area contributed by atoms with Crippen molar-refractivity contribution in [3.05, 3.63) is 35.4 Å². The molecule has 4 unspecified atom stereocenters. The standard InChI is InChI=1S/C14H20F2N2S2/c1-8-9(2)20-14(7-19-8)13(18-17)5-10-3-4-11(15)6-12(10)16/h3-4,6,8-9,13-14,18H,5,7,17H2,1-2H3. The summed E-state index contributed by atoms with van der Waals surface area (Å²) in [5, 5.41) is 1.51. The zero-order valence-electron chi connectivity index (χ0n) is 11.6. The predicted molar refractivity (Wildman–Crippen MR) is 83.9 cm³/mol. The van der Waals surface area contributed by atoms with Crippen molar-refractivity contribution in [1.82, 2.24) is 5.43 Å². The maximum absolute atomic E-state index is 13.7. The van der Waals surface area contributed by atoms with E-state index in [1.165, 1.54) is 12.1 Å². The average molecular weight is 318 g/mol. The molecule has 2 rings (SSSR count). The van der Waals surface area contributed by atoms with Crippen LogP contribution in [0, 0.1) is 11.6 Å². The Hall–Kier alpha value is -0.300. The van der Waals surface area contributed by atoms with E-state index in [0.29, 0.717) is 27.7 Å². The highest BCUT2D eigenvalue weighted by molar-refractivity contribution is 8.07. The number of hydrazine groups is 1. The maximum Gasteiger partial charge on any atom is 0.129 e. The molecule has 1 aliphatic rings. The molecular formula is C14H20F2N2S2. The van der Waals surface area contributed by atoms with Crippen LogP contribution in [0.15, 0.2) is 18.2 Å². The fraction of sp³-hybridized carbons (Fsp3) is 0.571. The second kappa shape index (κ2) is 7.11. The molecule has 112 valence electrons. The predicted octanol–water partition coefficient (Wildman–Crippen LogP) is 2.96. The number of nitrogens with two attached hydrogens (primary N) is 1. The summed E-state index contributed by atoms with van der Waals surface area (Å²) in [4.78, 5) is 0. The molecule has 0 aromatic heterocycles. The Morgan fingerprint density at radius 3 is 2.70 bits per heavy atom. The minimum absolute atomic E-state index is 0.0117. The molecule has 1 fully saturated rings. The molecule has 1 heterocycles. The summed E-state index contributed by atoms with van der Waals surface area (Å²) in [6, 6.07) is 3.71. The fourth-order valence-corrected chi connectivity index (χ4v) is 5.35. The lowest BCUT2D eigenvalue weighted by Gasteiger charge is -2.35. The quantitative estimate of drug-likeness (QED) is 0.661. The summed E-state index contributed by atoms with van der Waals surface area (Å²) in [5.41, 5.74) is 3.31. The molecule has 0 bridgehead atoms. The van der Waals surface area contributed by atoms with E-state index in [1.54, 1.807) is 0 Å². The Morgan fingerprint density at radius 1 is 1.35 bits per heavy atom. The Balaban J connectivity index is 2.05. The molecule has 1 aromatic rings. The molecule has 1 saturated heterocycles. The third kappa shape index (κ3) is 3.87.